The fourth-order valence-electron chi connectivity index (χ4n) is 9.36. The van der Waals surface area contributed by atoms with E-state index in [9.17, 15) is 0 Å². The van der Waals surface area contributed by atoms with Crippen LogP contribution in [-0.2, 0) is 21.7 Å². The fraction of sp³-hybridized carbons (Fsp3) is 0.263. The summed E-state index contributed by atoms with van der Waals surface area (Å²) >= 11 is 0. The molecular weight excluding hydrogens is 715 g/mol. The van der Waals surface area contributed by atoms with Gasteiger partial charge in [0.05, 0.1) is 5.69 Å². The van der Waals surface area contributed by atoms with E-state index in [1.165, 1.54) is 44.5 Å². The Bertz CT molecular complexity index is 2880. The molecule has 59 heavy (non-hydrogen) atoms. The van der Waals surface area contributed by atoms with Crippen molar-refractivity contribution in [3.05, 3.63) is 173 Å². The van der Waals surface area contributed by atoms with Gasteiger partial charge in [-0.1, -0.05) is 185 Å². The van der Waals surface area contributed by atoms with E-state index in [0.717, 1.165) is 55.7 Å². The molecule has 8 aromatic rings. The highest BCUT2D eigenvalue weighted by molar-refractivity contribution is 6.11. The average Bonchev–Trinajstić information content (AvgIpc) is 3.69. The molecule has 9 rings (SSSR count). The summed E-state index contributed by atoms with van der Waals surface area (Å²) in [6, 6.07) is 54.1. The van der Waals surface area contributed by atoms with Crippen molar-refractivity contribution in [2.75, 3.05) is 4.90 Å². The fourth-order valence-corrected chi connectivity index (χ4v) is 9.36. The van der Waals surface area contributed by atoms with Crippen LogP contribution in [0, 0.1) is 0 Å². The van der Waals surface area contributed by atoms with Crippen LogP contribution in [0.5, 0.6) is 0 Å². The van der Waals surface area contributed by atoms with Crippen molar-refractivity contribution in [2.24, 2.45) is 0 Å². The first kappa shape index (κ1) is 38.6. The maximum Gasteiger partial charge on any atom is 0.143 e. The lowest BCUT2D eigenvalue weighted by Gasteiger charge is -2.33. The van der Waals surface area contributed by atoms with E-state index in [1.54, 1.807) is 0 Å². The van der Waals surface area contributed by atoms with Crippen LogP contribution in [0.1, 0.15) is 104 Å². The lowest BCUT2D eigenvalue weighted by molar-refractivity contribution is 0.545. The molecule has 2 nitrogen and oxygen atoms in total. The highest BCUT2D eigenvalue weighted by Crippen LogP contribution is 2.55. The van der Waals surface area contributed by atoms with Gasteiger partial charge in [-0.15, -0.1) is 0 Å². The molecule has 0 saturated heterocycles. The number of fused-ring (bicyclic) bond motifs is 6. The lowest BCUT2D eigenvalue weighted by atomic mass is 9.71. The molecule has 1 aliphatic carbocycles. The molecule has 0 unspecified atom stereocenters. The van der Waals surface area contributed by atoms with Crippen molar-refractivity contribution in [1.29, 1.82) is 0 Å². The second kappa shape index (κ2) is 13.6. The Morgan fingerprint density at radius 2 is 1.10 bits per heavy atom. The number of anilines is 3. The SMILES string of the molecule is CC(C)(C)c1ccc(N(c2ccc3c(c2)C(C)(C)c2c-3cc(C(C)(C)C)cc2C(C)(C)C)c2cc(-c3ccccc3)ccc2-c2cccc3c2oc2ccccc23)cc1. The molecule has 0 spiro atoms. The summed E-state index contributed by atoms with van der Waals surface area (Å²) in [7, 11) is 0. The maximum absolute atomic E-state index is 6.73. The number of benzene rings is 7. The summed E-state index contributed by atoms with van der Waals surface area (Å²) in [5.41, 5.74) is 19.1. The van der Waals surface area contributed by atoms with E-state index < -0.39 is 0 Å². The predicted molar refractivity (Wildman–Crippen MR) is 253 cm³/mol. The molecule has 0 aliphatic heterocycles. The number of nitrogens with zero attached hydrogens (tertiary/aromatic N) is 1. The monoisotopic (exact) mass is 771 g/mol. The molecule has 1 aromatic heterocycles. The van der Waals surface area contributed by atoms with Crippen molar-refractivity contribution < 1.29 is 4.42 Å². The van der Waals surface area contributed by atoms with Crippen LogP contribution >= 0.6 is 0 Å². The molecule has 0 bridgehead atoms. The smallest absolute Gasteiger partial charge is 0.143 e. The van der Waals surface area contributed by atoms with Crippen LogP contribution in [0.2, 0.25) is 0 Å². The second-order valence-corrected chi connectivity index (χ2v) is 20.3. The topological polar surface area (TPSA) is 16.4 Å². The summed E-state index contributed by atoms with van der Waals surface area (Å²) in [6.07, 6.45) is 0. The first-order valence-electron chi connectivity index (χ1n) is 21.3. The maximum atomic E-state index is 6.73. The quantitative estimate of drug-likeness (QED) is 0.173. The van der Waals surface area contributed by atoms with Crippen molar-refractivity contribution in [3.63, 3.8) is 0 Å². The molecule has 0 amide bonds. The number of furan rings is 1. The minimum Gasteiger partial charge on any atom is -0.455 e. The van der Waals surface area contributed by atoms with Crippen LogP contribution in [0.3, 0.4) is 0 Å². The molecule has 1 heterocycles. The molecule has 0 fully saturated rings. The van der Waals surface area contributed by atoms with Gasteiger partial charge in [0, 0.05) is 38.7 Å². The minimum absolute atomic E-state index is 0.0151. The third-order valence-corrected chi connectivity index (χ3v) is 12.7. The van der Waals surface area contributed by atoms with Gasteiger partial charge in [0.1, 0.15) is 11.2 Å². The van der Waals surface area contributed by atoms with E-state index in [0.29, 0.717) is 0 Å². The van der Waals surface area contributed by atoms with Crippen LogP contribution in [0.25, 0.3) is 55.3 Å². The molecule has 0 radical (unpaired) electrons. The Labute approximate surface area is 351 Å². The molecule has 0 saturated carbocycles. The van der Waals surface area contributed by atoms with E-state index in [4.69, 9.17) is 4.42 Å². The highest BCUT2D eigenvalue weighted by Gasteiger charge is 2.41. The largest absolute Gasteiger partial charge is 0.455 e. The molecule has 296 valence electrons. The molecule has 7 aromatic carbocycles. The summed E-state index contributed by atoms with van der Waals surface area (Å²) < 4.78 is 6.73. The van der Waals surface area contributed by atoms with Gasteiger partial charge in [0.25, 0.3) is 0 Å². The summed E-state index contributed by atoms with van der Waals surface area (Å²) in [6.45, 7) is 25.8. The average molecular weight is 772 g/mol. The van der Waals surface area contributed by atoms with Crippen molar-refractivity contribution in [2.45, 2.75) is 97.8 Å². The van der Waals surface area contributed by atoms with E-state index in [1.807, 2.05) is 0 Å². The zero-order valence-corrected chi connectivity index (χ0v) is 36.7. The van der Waals surface area contributed by atoms with Crippen LogP contribution in [0.4, 0.5) is 17.1 Å². The molecular formula is C57H57NO. The first-order valence-corrected chi connectivity index (χ1v) is 21.3. The number of hydrogen-bond donors (Lipinski definition) is 0. The number of rotatable bonds is 5. The van der Waals surface area contributed by atoms with Crippen LogP contribution in [-0.4, -0.2) is 0 Å². The Kier molecular flexibility index (Phi) is 8.91. The Morgan fingerprint density at radius 3 is 1.80 bits per heavy atom. The van der Waals surface area contributed by atoms with Gasteiger partial charge in [-0.3, -0.25) is 0 Å². The Morgan fingerprint density at radius 1 is 0.458 bits per heavy atom. The molecule has 0 N–H and O–H groups in total. The minimum atomic E-state index is -0.212. The van der Waals surface area contributed by atoms with E-state index in [2.05, 4.69) is 227 Å². The van der Waals surface area contributed by atoms with Gasteiger partial charge >= 0.3 is 0 Å². The van der Waals surface area contributed by atoms with E-state index in [-0.39, 0.29) is 21.7 Å². The Hall–Kier alpha value is -5.86. The van der Waals surface area contributed by atoms with Gasteiger partial charge in [0.2, 0.25) is 0 Å². The molecule has 1 aliphatic rings. The third kappa shape index (κ3) is 6.58. The van der Waals surface area contributed by atoms with Gasteiger partial charge in [-0.2, -0.15) is 0 Å². The first-order chi connectivity index (χ1) is 27.9. The molecule has 0 atom stereocenters. The normalized spacial score (nSPS) is 13.8. The zero-order chi connectivity index (χ0) is 41.6. The van der Waals surface area contributed by atoms with Crippen LogP contribution in [0.15, 0.2) is 150 Å². The zero-order valence-electron chi connectivity index (χ0n) is 36.7. The van der Waals surface area contributed by atoms with Crippen molar-refractivity contribution in [3.8, 4) is 33.4 Å². The third-order valence-electron chi connectivity index (χ3n) is 12.7. The number of para-hydroxylation sites is 2. The highest BCUT2D eigenvalue weighted by atomic mass is 16.3. The Balaban J connectivity index is 1.33. The lowest BCUT2D eigenvalue weighted by Crippen LogP contribution is -2.25. The van der Waals surface area contributed by atoms with Gasteiger partial charge < -0.3 is 9.32 Å². The number of hydrogen-bond acceptors (Lipinski definition) is 2. The predicted octanol–water partition coefficient (Wildman–Crippen LogP) is 16.6. The summed E-state index contributed by atoms with van der Waals surface area (Å²) in [5.74, 6) is 0. The summed E-state index contributed by atoms with van der Waals surface area (Å²) in [5, 5.41) is 2.25. The standard InChI is InChI=1S/C57H57NO/c1-54(2,3)38-25-27-40(28-26-38)58(41-29-31-42-47-33-39(55(4,5)6)34-49(56(7,8)9)52(47)57(10,11)48(42)35-41)50-32-37(36-18-13-12-14-19-36)24-30-43(50)45-21-17-22-46-44-20-15-16-23-51(44)59-53(45)46/h12-35H,1-11H3. The van der Waals surface area contributed by atoms with Gasteiger partial charge in [-0.25, -0.2) is 0 Å². The molecule has 2 heteroatoms. The van der Waals surface area contributed by atoms with Crippen LogP contribution < -0.4 is 4.90 Å². The van der Waals surface area contributed by atoms with E-state index >= 15 is 0 Å². The summed E-state index contributed by atoms with van der Waals surface area (Å²) in [4.78, 5) is 2.49. The van der Waals surface area contributed by atoms with Gasteiger partial charge in [-0.05, 0) is 103 Å². The van der Waals surface area contributed by atoms with Crippen molar-refractivity contribution in [1.82, 2.24) is 0 Å². The van der Waals surface area contributed by atoms with Gasteiger partial charge in [0.15, 0.2) is 0 Å². The second-order valence-electron chi connectivity index (χ2n) is 20.3. The van der Waals surface area contributed by atoms with Crippen molar-refractivity contribution >= 4 is 39.0 Å².